The number of para-hydroxylation sites is 1. The van der Waals surface area contributed by atoms with Crippen LogP contribution in [0.5, 0.6) is 0 Å². The van der Waals surface area contributed by atoms with Crippen molar-refractivity contribution in [2.24, 2.45) is 0 Å². The second-order valence-electron chi connectivity index (χ2n) is 6.06. The standard InChI is InChI=1S/C21H22N2OS/c1-4-23(17-9-7-8-15(2)12-17)21(24)14-25-20-13-16(3)18-10-5-6-11-19(18)22-20/h5-13H,4,14H2,1-3H3. The lowest BCUT2D eigenvalue weighted by molar-refractivity contribution is -0.116. The van der Waals surface area contributed by atoms with E-state index in [1.807, 2.05) is 61.2 Å². The molecule has 1 aromatic heterocycles. The molecule has 128 valence electrons. The lowest BCUT2D eigenvalue weighted by atomic mass is 10.1. The van der Waals surface area contributed by atoms with Crippen molar-refractivity contribution >= 4 is 34.3 Å². The molecule has 0 N–H and O–H groups in total. The minimum absolute atomic E-state index is 0.103. The highest BCUT2D eigenvalue weighted by atomic mass is 32.2. The molecule has 0 aliphatic heterocycles. The monoisotopic (exact) mass is 350 g/mol. The zero-order valence-corrected chi connectivity index (χ0v) is 15.6. The maximum atomic E-state index is 12.7. The lowest BCUT2D eigenvalue weighted by Crippen LogP contribution is -2.32. The van der Waals surface area contributed by atoms with Gasteiger partial charge in [0, 0.05) is 17.6 Å². The quantitative estimate of drug-likeness (QED) is 0.607. The largest absolute Gasteiger partial charge is 0.312 e. The van der Waals surface area contributed by atoms with Gasteiger partial charge in [0.05, 0.1) is 16.3 Å². The molecular formula is C21H22N2OS. The molecule has 0 aliphatic carbocycles. The van der Waals surface area contributed by atoms with Gasteiger partial charge >= 0.3 is 0 Å². The third-order valence-corrected chi connectivity index (χ3v) is 5.07. The smallest absolute Gasteiger partial charge is 0.237 e. The molecule has 1 amide bonds. The predicted molar refractivity (Wildman–Crippen MR) is 106 cm³/mol. The molecule has 0 aliphatic rings. The Bertz CT molecular complexity index is 907. The zero-order valence-electron chi connectivity index (χ0n) is 14.8. The van der Waals surface area contributed by atoms with Crippen molar-refractivity contribution in [3.63, 3.8) is 0 Å². The number of rotatable bonds is 5. The van der Waals surface area contributed by atoms with Crippen LogP contribution in [0.1, 0.15) is 18.1 Å². The topological polar surface area (TPSA) is 33.2 Å². The molecule has 0 saturated heterocycles. The van der Waals surface area contributed by atoms with Gasteiger partial charge in [-0.05, 0) is 56.2 Å². The summed E-state index contributed by atoms with van der Waals surface area (Å²) in [4.78, 5) is 19.2. The van der Waals surface area contributed by atoms with Crippen molar-refractivity contribution in [2.45, 2.75) is 25.8 Å². The van der Waals surface area contributed by atoms with Crippen LogP contribution < -0.4 is 4.90 Å². The third-order valence-electron chi connectivity index (χ3n) is 4.17. The molecular weight excluding hydrogens is 328 g/mol. The first kappa shape index (κ1) is 17.5. The molecule has 1 heterocycles. The summed E-state index contributed by atoms with van der Waals surface area (Å²) in [6.07, 6.45) is 0. The number of hydrogen-bond donors (Lipinski definition) is 0. The van der Waals surface area contributed by atoms with Crippen molar-refractivity contribution in [3.05, 3.63) is 65.7 Å². The molecule has 3 nitrogen and oxygen atoms in total. The number of aryl methyl sites for hydroxylation is 2. The summed E-state index contributed by atoms with van der Waals surface area (Å²) in [5, 5.41) is 2.05. The van der Waals surface area contributed by atoms with Crippen molar-refractivity contribution in [1.82, 2.24) is 4.98 Å². The van der Waals surface area contributed by atoms with Crippen LogP contribution in [-0.4, -0.2) is 23.2 Å². The van der Waals surface area contributed by atoms with Crippen LogP contribution in [0.15, 0.2) is 59.6 Å². The van der Waals surface area contributed by atoms with Gasteiger partial charge in [-0.25, -0.2) is 4.98 Å². The van der Waals surface area contributed by atoms with Crippen molar-refractivity contribution in [3.8, 4) is 0 Å². The summed E-state index contributed by atoms with van der Waals surface area (Å²) in [7, 11) is 0. The van der Waals surface area contributed by atoms with Gasteiger partial charge in [-0.1, -0.05) is 42.1 Å². The Morgan fingerprint density at radius 3 is 2.64 bits per heavy atom. The first-order valence-corrected chi connectivity index (χ1v) is 9.43. The van der Waals surface area contributed by atoms with E-state index in [1.54, 1.807) is 0 Å². The minimum Gasteiger partial charge on any atom is -0.312 e. The fourth-order valence-corrected chi connectivity index (χ4v) is 3.76. The first-order valence-electron chi connectivity index (χ1n) is 8.44. The number of nitrogens with zero attached hydrogens (tertiary/aromatic N) is 2. The Balaban J connectivity index is 1.75. The fraction of sp³-hybridized carbons (Fsp3) is 0.238. The van der Waals surface area contributed by atoms with Crippen LogP contribution in [0.3, 0.4) is 0 Å². The average Bonchev–Trinajstić information content (AvgIpc) is 2.61. The molecule has 0 fully saturated rings. The minimum atomic E-state index is 0.103. The molecule has 4 heteroatoms. The van der Waals surface area contributed by atoms with E-state index in [-0.39, 0.29) is 5.91 Å². The number of pyridine rings is 1. The number of benzene rings is 2. The van der Waals surface area contributed by atoms with E-state index < -0.39 is 0 Å². The number of amides is 1. The summed E-state index contributed by atoms with van der Waals surface area (Å²) in [5.74, 6) is 0.484. The average molecular weight is 350 g/mol. The Morgan fingerprint density at radius 1 is 1.08 bits per heavy atom. The second-order valence-corrected chi connectivity index (χ2v) is 7.06. The molecule has 3 aromatic rings. The lowest BCUT2D eigenvalue weighted by Gasteiger charge is -2.21. The number of carbonyl (C=O) groups excluding carboxylic acids is 1. The van der Waals surface area contributed by atoms with Gasteiger partial charge in [-0.2, -0.15) is 0 Å². The van der Waals surface area contributed by atoms with Crippen LogP contribution in [0.2, 0.25) is 0 Å². The van der Waals surface area contributed by atoms with Crippen molar-refractivity contribution in [2.75, 3.05) is 17.2 Å². The summed E-state index contributed by atoms with van der Waals surface area (Å²) in [6, 6.07) is 18.2. The van der Waals surface area contributed by atoms with E-state index in [2.05, 4.69) is 24.0 Å². The molecule has 0 bridgehead atoms. The third kappa shape index (κ3) is 4.02. The highest BCUT2D eigenvalue weighted by Gasteiger charge is 2.15. The van der Waals surface area contributed by atoms with Gasteiger partial charge in [-0.15, -0.1) is 0 Å². The first-order chi connectivity index (χ1) is 12.1. The number of anilines is 1. The molecule has 0 radical (unpaired) electrons. The summed E-state index contributed by atoms with van der Waals surface area (Å²) < 4.78 is 0. The van der Waals surface area contributed by atoms with E-state index >= 15 is 0 Å². The van der Waals surface area contributed by atoms with Gasteiger partial charge in [-0.3, -0.25) is 4.79 Å². The normalized spacial score (nSPS) is 10.8. The summed E-state index contributed by atoms with van der Waals surface area (Å²) >= 11 is 1.50. The van der Waals surface area contributed by atoms with E-state index in [0.717, 1.165) is 27.2 Å². The van der Waals surface area contributed by atoms with Crippen molar-refractivity contribution < 1.29 is 4.79 Å². The van der Waals surface area contributed by atoms with Crippen molar-refractivity contribution in [1.29, 1.82) is 0 Å². The van der Waals surface area contributed by atoms with Gasteiger partial charge in [0.25, 0.3) is 0 Å². The van der Waals surface area contributed by atoms with Gasteiger partial charge < -0.3 is 4.90 Å². The molecule has 25 heavy (non-hydrogen) atoms. The van der Waals surface area contributed by atoms with E-state index in [1.165, 1.54) is 17.3 Å². The number of fused-ring (bicyclic) bond motifs is 1. The summed E-state index contributed by atoms with van der Waals surface area (Å²) in [6.45, 7) is 6.79. The second kappa shape index (κ2) is 7.70. The molecule has 0 atom stereocenters. The molecule has 3 rings (SSSR count). The number of carbonyl (C=O) groups is 1. The Morgan fingerprint density at radius 2 is 1.88 bits per heavy atom. The van der Waals surface area contributed by atoms with Gasteiger partial charge in [0.15, 0.2) is 0 Å². The predicted octanol–water partition coefficient (Wildman–Crippen LogP) is 5.00. The Hall–Kier alpha value is -2.33. The maximum Gasteiger partial charge on any atom is 0.237 e. The van der Waals surface area contributed by atoms with E-state index in [4.69, 9.17) is 0 Å². The highest BCUT2D eigenvalue weighted by molar-refractivity contribution is 7.99. The number of hydrogen-bond acceptors (Lipinski definition) is 3. The maximum absolute atomic E-state index is 12.7. The zero-order chi connectivity index (χ0) is 17.8. The Labute approximate surface area is 153 Å². The van der Waals surface area contributed by atoms with Crippen LogP contribution in [0.4, 0.5) is 5.69 Å². The summed E-state index contributed by atoms with van der Waals surface area (Å²) in [5.41, 5.74) is 4.27. The van der Waals surface area contributed by atoms with E-state index in [0.29, 0.717) is 12.3 Å². The number of thioether (sulfide) groups is 1. The molecule has 0 unspecified atom stereocenters. The number of aromatic nitrogens is 1. The van der Waals surface area contributed by atoms with Crippen LogP contribution in [-0.2, 0) is 4.79 Å². The highest BCUT2D eigenvalue weighted by Crippen LogP contribution is 2.24. The Kier molecular flexibility index (Phi) is 5.39. The van der Waals surface area contributed by atoms with Crippen LogP contribution in [0, 0.1) is 13.8 Å². The fourth-order valence-electron chi connectivity index (χ4n) is 2.90. The SMILES string of the molecule is CCN(C(=O)CSc1cc(C)c2ccccc2n1)c1cccc(C)c1. The van der Waals surface area contributed by atoms with Gasteiger partial charge in [0.2, 0.25) is 5.91 Å². The molecule has 0 spiro atoms. The van der Waals surface area contributed by atoms with Crippen LogP contribution >= 0.6 is 11.8 Å². The van der Waals surface area contributed by atoms with Crippen LogP contribution in [0.25, 0.3) is 10.9 Å². The molecule has 0 saturated carbocycles. The molecule has 2 aromatic carbocycles. The van der Waals surface area contributed by atoms with Gasteiger partial charge in [0.1, 0.15) is 0 Å². The van der Waals surface area contributed by atoms with E-state index in [9.17, 15) is 4.79 Å².